The number of hydrogen-bond acceptors (Lipinski definition) is 7. The van der Waals surface area contributed by atoms with Gasteiger partial charge in [0, 0.05) is 12.0 Å². The van der Waals surface area contributed by atoms with Gasteiger partial charge in [0.2, 0.25) is 0 Å². The van der Waals surface area contributed by atoms with Crippen molar-refractivity contribution in [3.8, 4) is 17.2 Å². The lowest BCUT2D eigenvalue weighted by atomic mass is 9.54. The van der Waals surface area contributed by atoms with Crippen molar-refractivity contribution in [3.63, 3.8) is 0 Å². The second-order valence-corrected chi connectivity index (χ2v) is 10.5. The summed E-state index contributed by atoms with van der Waals surface area (Å²) in [4.78, 5) is 25.6. The van der Waals surface area contributed by atoms with Crippen molar-refractivity contribution in [1.82, 2.24) is 0 Å². The predicted molar refractivity (Wildman–Crippen MR) is 128 cm³/mol. The molecule has 4 atom stereocenters. The molecule has 7 heteroatoms. The maximum atomic E-state index is 12.8. The molecule has 0 aromatic heterocycles. The van der Waals surface area contributed by atoms with Crippen molar-refractivity contribution in [2.45, 2.75) is 62.1 Å². The Morgan fingerprint density at radius 2 is 1.91 bits per heavy atom. The molecular formula is C28H31NO6. The highest BCUT2D eigenvalue weighted by molar-refractivity contribution is 5.93. The first-order valence-corrected chi connectivity index (χ1v) is 12.6. The molecule has 0 radical (unpaired) electrons. The van der Waals surface area contributed by atoms with E-state index in [0.717, 1.165) is 42.9 Å². The van der Waals surface area contributed by atoms with Crippen molar-refractivity contribution < 1.29 is 28.9 Å². The number of benzene rings is 2. The molecule has 184 valence electrons. The van der Waals surface area contributed by atoms with Crippen LogP contribution in [0.4, 0.5) is 0 Å². The van der Waals surface area contributed by atoms with Crippen LogP contribution in [0.3, 0.4) is 0 Å². The molecule has 0 amide bonds. The maximum Gasteiger partial charge on any atom is 0.343 e. The molecule has 5 aliphatic rings. The van der Waals surface area contributed by atoms with Gasteiger partial charge >= 0.3 is 5.97 Å². The number of aliphatic hydroxyl groups is 1. The highest BCUT2D eigenvalue weighted by Gasteiger charge is 2.73. The van der Waals surface area contributed by atoms with E-state index >= 15 is 0 Å². The molecule has 4 aliphatic carbocycles. The molecule has 0 saturated heterocycles. The fourth-order valence-corrected chi connectivity index (χ4v) is 6.72. The number of hydrogen-bond donors (Lipinski definition) is 2. The summed E-state index contributed by atoms with van der Waals surface area (Å²) >= 11 is 0. The van der Waals surface area contributed by atoms with Crippen LogP contribution in [0.2, 0.25) is 0 Å². The van der Waals surface area contributed by atoms with E-state index in [1.165, 1.54) is 12.8 Å². The van der Waals surface area contributed by atoms with E-state index < -0.39 is 23.1 Å². The Bertz CT molecular complexity index is 1190. The number of carbonyl (C=O) groups excluding carboxylic acids is 2. The maximum absolute atomic E-state index is 12.8. The number of methoxy groups -OCH3 is 1. The smallest absolute Gasteiger partial charge is 0.343 e. The van der Waals surface area contributed by atoms with Crippen LogP contribution in [0.15, 0.2) is 36.4 Å². The SMILES string of the molecule is COc1ccc(C(=O)Oc2ccc3c4c2OC2C(=O)CC[C@@]5(O)[C@H](CC[C@]425)C3)cc1.NCC1CC1. The number of carbonyl (C=O) groups is 2. The fourth-order valence-electron chi connectivity index (χ4n) is 6.72. The van der Waals surface area contributed by atoms with E-state index in [4.69, 9.17) is 19.9 Å². The van der Waals surface area contributed by atoms with Crippen LogP contribution in [0.1, 0.15) is 60.0 Å². The molecule has 3 saturated carbocycles. The van der Waals surface area contributed by atoms with Gasteiger partial charge in [-0.2, -0.15) is 0 Å². The Morgan fingerprint density at radius 3 is 2.57 bits per heavy atom. The third kappa shape index (κ3) is 3.24. The van der Waals surface area contributed by atoms with Gasteiger partial charge in [-0.3, -0.25) is 4.79 Å². The van der Waals surface area contributed by atoms with Crippen LogP contribution < -0.4 is 19.9 Å². The van der Waals surface area contributed by atoms with E-state index in [0.29, 0.717) is 35.7 Å². The standard InChI is InChI=1S/C24H22O6.C4H9N/c1-28-16-5-2-13(3-6-16)22(26)29-18-7-4-14-12-15-8-10-23-19(14)20(18)30-21(23)17(25)9-11-24(15,23)27;5-3-4-1-2-4/h2-7,15,21,27H,8-12H2,1H3;4H,1-3,5H2/t15-,21?,23+,24-;/m1./s1. The zero-order valence-corrected chi connectivity index (χ0v) is 19.9. The van der Waals surface area contributed by atoms with E-state index in [2.05, 4.69) is 0 Å². The molecule has 1 spiro atoms. The second kappa shape index (κ2) is 8.07. The largest absolute Gasteiger partial charge is 0.497 e. The van der Waals surface area contributed by atoms with Crippen LogP contribution in [-0.2, 0) is 16.6 Å². The van der Waals surface area contributed by atoms with Gasteiger partial charge in [0.1, 0.15) is 5.75 Å². The fraction of sp³-hybridized carbons (Fsp3) is 0.500. The minimum Gasteiger partial charge on any atom is -0.497 e. The molecule has 2 bridgehead atoms. The lowest BCUT2D eigenvalue weighted by Gasteiger charge is -2.51. The van der Waals surface area contributed by atoms with E-state index in [-0.39, 0.29) is 11.7 Å². The molecule has 3 fully saturated rings. The molecule has 2 aromatic rings. The molecule has 7 rings (SSSR count). The molecular weight excluding hydrogens is 446 g/mol. The summed E-state index contributed by atoms with van der Waals surface area (Å²) in [6.45, 7) is 0.917. The van der Waals surface area contributed by atoms with Crippen LogP contribution in [0.25, 0.3) is 0 Å². The number of ketones is 1. The summed E-state index contributed by atoms with van der Waals surface area (Å²) in [5.74, 6) is 1.98. The zero-order valence-electron chi connectivity index (χ0n) is 19.9. The van der Waals surface area contributed by atoms with Crippen LogP contribution in [0, 0.1) is 11.8 Å². The third-order valence-electron chi connectivity index (χ3n) is 8.74. The van der Waals surface area contributed by atoms with Gasteiger partial charge < -0.3 is 25.1 Å². The van der Waals surface area contributed by atoms with Gasteiger partial charge in [-0.1, -0.05) is 6.07 Å². The number of Topliss-reactive ketones (excluding diaryl/α,β-unsaturated/α-hetero) is 1. The summed E-state index contributed by atoms with van der Waals surface area (Å²) in [7, 11) is 1.56. The van der Waals surface area contributed by atoms with Crippen molar-refractivity contribution >= 4 is 11.8 Å². The number of esters is 1. The average Bonchev–Trinajstić information content (AvgIpc) is 3.62. The number of nitrogens with two attached hydrogens (primary N) is 1. The molecule has 2 aromatic carbocycles. The van der Waals surface area contributed by atoms with Gasteiger partial charge in [0.05, 0.1) is 23.7 Å². The summed E-state index contributed by atoms with van der Waals surface area (Å²) in [5.41, 5.74) is 5.97. The Kier molecular flexibility index (Phi) is 5.20. The van der Waals surface area contributed by atoms with Gasteiger partial charge in [-0.25, -0.2) is 4.79 Å². The van der Waals surface area contributed by atoms with Crippen molar-refractivity contribution in [2.75, 3.05) is 13.7 Å². The zero-order chi connectivity index (χ0) is 24.4. The van der Waals surface area contributed by atoms with Gasteiger partial charge in [-0.15, -0.1) is 0 Å². The van der Waals surface area contributed by atoms with Gasteiger partial charge in [-0.05, 0) is 92.8 Å². The first kappa shape index (κ1) is 22.6. The van der Waals surface area contributed by atoms with Gasteiger partial charge in [0.25, 0.3) is 0 Å². The lowest BCUT2D eigenvalue weighted by molar-refractivity contribution is -0.152. The summed E-state index contributed by atoms with van der Waals surface area (Å²) < 4.78 is 17.0. The van der Waals surface area contributed by atoms with E-state index in [1.807, 2.05) is 6.07 Å². The molecule has 3 N–H and O–H groups in total. The average molecular weight is 478 g/mol. The summed E-state index contributed by atoms with van der Waals surface area (Å²) in [5, 5.41) is 11.7. The molecule has 7 nitrogen and oxygen atoms in total. The van der Waals surface area contributed by atoms with Crippen molar-refractivity contribution in [2.24, 2.45) is 17.6 Å². The number of rotatable bonds is 4. The van der Waals surface area contributed by atoms with E-state index in [9.17, 15) is 14.7 Å². The van der Waals surface area contributed by atoms with Crippen LogP contribution >= 0.6 is 0 Å². The summed E-state index contributed by atoms with van der Waals surface area (Å²) in [6.07, 6.45) is 5.23. The van der Waals surface area contributed by atoms with Gasteiger partial charge in [0.15, 0.2) is 23.4 Å². The minimum absolute atomic E-state index is 0.0248. The minimum atomic E-state index is -0.928. The summed E-state index contributed by atoms with van der Waals surface area (Å²) in [6, 6.07) is 10.4. The normalized spacial score (nSPS) is 31.1. The predicted octanol–water partition coefficient (Wildman–Crippen LogP) is 3.33. The Morgan fingerprint density at radius 1 is 1.14 bits per heavy atom. The van der Waals surface area contributed by atoms with Crippen LogP contribution in [0.5, 0.6) is 17.2 Å². The van der Waals surface area contributed by atoms with Crippen molar-refractivity contribution in [3.05, 3.63) is 53.1 Å². The quantitative estimate of drug-likeness (QED) is 0.514. The molecule has 1 aliphatic heterocycles. The monoisotopic (exact) mass is 477 g/mol. The number of ether oxygens (including phenoxy) is 3. The Hall–Kier alpha value is -2.90. The van der Waals surface area contributed by atoms with E-state index in [1.54, 1.807) is 37.4 Å². The lowest BCUT2D eigenvalue weighted by Crippen LogP contribution is -2.64. The van der Waals surface area contributed by atoms with Crippen molar-refractivity contribution in [1.29, 1.82) is 0 Å². The first-order chi connectivity index (χ1) is 16.9. The third-order valence-corrected chi connectivity index (χ3v) is 8.74. The molecule has 1 unspecified atom stereocenters. The van der Waals surface area contributed by atoms with Crippen LogP contribution in [-0.4, -0.2) is 42.2 Å². The highest BCUT2D eigenvalue weighted by Crippen LogP contribution is 2.68. The Labute approximate surface area is 204 Å². The highest BCUT2D eigenvalue weighted by atomic mass is 16.6. The molecule has 35 heavy (non-hydrogen) atoms. The second-order valence-electron chi connectivity index (χ2n) is 10.5. The topological polar surface area (TPSA) is 108 Å². The molecule has 1 heterocycles. The Balaban J connectivity index is 0.000000410. The first-order valence-electron chi connectivity index (χ1n) is 12.6.